The van der Waals surface area contributed by atoms with Crippen molar-refractivity contribution < 1.29 is 4.74 Å². The van der Waals surface area contributed by atoms with Crippen molar-refractivity contribution in [2.45, 2.75) is 11.8 Å². The summed E-state index contributed by atoms with van der Waals surface area (Å²) in [7, 11) is 1.71. The molecule has 0 aliphatic heterocycles. The van der Waals surface area contributed by atoms with Gasteiger partial charge in [0.1, 0.15) is 5.75 Å². The summed E-state index contributed by atoms with van der Waals surface area (Å²) in [5.74, 6) is 0.871. The van der Waals surface area contributed by atoms with Crippen LogP contribution in [-0.2, 0) is 5.41 Å². The summed E-state index contributed by atoms with van der Waals surface area (Å²) in [6.45, 7) is 0. The van der Waals surface area contributed by atoms with Gasteiger partial charge in [-0.2, -0.15) is 0 Å². The highest BCUT2D eigenvalue weighted by Crippen LogP contribution is 2.43. The van der Waals surface area contributed by atoms with Gasteiger partial charge in [0, 0.05) is 5.41 Å². The quantitative estimate of drug-likeness (QED) is 0.327. The van der Waals surface area contributed by atoms with E-state index in [0.29, 0.717) is 0 Å². The second kappa shape index (κ2) is 8.79. The molecule has 29 heavy (non-hydrogen) atoms. The zero-order chi connectivity index (χ0) is 19.9. The lowest BCUT2D eigenvalue weighted by Crippen LogP contribution is -2.29. The molecule has 4 aromatic rings. The molecule has 0 bridgehead atoms. The second-order valence-corrected chi connectivity index (χ2v) is 7.18. The molecule has 4 aromatic carbocycles. The molecule has 0 aliphatic rings. The Morgan fingerprint density at radius 3 is 1.52 bits per heavy atom. The van der Waals surface area contributed by atoms with Crippen molar-refractivity contribution in [1.82, 2.24) is 0 Å². The molecule has 1 radical (unpaired) electrons. The van der Waals surface area contributed by atoms with Gasteiger partial charge in [0.05, 0.1) is 7.11 Å². The maximum Gasteiger partial charge on any atom is 0.118 e. The molecular formula is C28H25O. The summed E-state index contributed by atoms with van der Waals surface area (Å²) in [4.78, 5) is 0. The van der Waals surface area contributed by atoms with Gasteiger partial charge in [0.2, 0.25) is 0 Å². The summed E-state index contributed by atoms with van der Waals surface area (Å²) in [6, 6.07) is 40.6. The van der Waals surface area contributed by atoms with Crippen molar-refractivity contribution in [3.8, 4) is 5.75 Å². The number of hydrogen-bond donors (Lipinski definition) is 0. The summed E-state index contributed by atoms with van der Waals surface area (Å²) in [6.07, 6.45) is 3.20. The average Bonchev–Trinajstić information content (AvgIpc) is 2.82. The molecule has 4 rings (SSSR count). The Kier molecular flexibility index (Phi) is 5.76. The minimum Gasteiger partial charge on any atom is -0.497 e. The van der Waals surface area contributed by atoms with Crippen LogP contribution in [0.3, 0.4) is 0 Å². The van der Waals surface area contributed by atoms with Crippen LogP contribution in [0.15, 0.2) is 115 Å². The molecule has 0 N–H and O–H groups in total. The standard InChI is InChI=1S/C28H25O/c1-29-27-19-17-26(18-20-27)28(24-13-7-3-8-14-24,25-15-9-4-10-16-25)22-21-23-11-5-2-6-12-23/h2-21H,22H2,1H3. The van der Waals surface area contributed by atoms with E-state index in [1.54, 1.807) is 7.11 Å². The maximum atomic E-state index is 5.41. The van der Waals surface area contributed by atoms with E-state index in [1.165, 1.54) is 22.3 Å². The van der Waals surface area contributed by atoms with E-state index in [-0.39, 0.29) is 5.41 Å². The van der Waals surface area contributed by atoms with Gasteiger partial charge in [-0.05, 0) is 47.2 Å². The SMILES string of the molecule is COc1ccc(C(C[CH]c2ccccc2)(c2ccccc2)c2ccccc2)cc1. The van der Waals surface area contributed by atoms with E-state index in [0.717, 1.165) is 12.2 Å². The van der Waals surface area contributed by atoms with Crippen molar-refractivity contribution in [3.63, 3.8) is 0 Å². The van der Waals surface area contributed by atoms with Gasteiger partial charge in [-0.3, -0.25) is 0 Å². The molecule has 0 saturated heterocycles. The Labute approximate surface area is 173 Å². The highest BCUT2D eigenvalue weighted by atomic mass is 16.5. The van der Waals surface area contributed by atoms with E-state index >= 15 is 0 Å². The van der Waals surface area contributed by atoms with E-state index in [2.05, 4.69) is 122 Å². The van der Waals surface area contributed by atoms with Crippen LogP contribution in [0, 0.1) is 6.42 Å². The van der Waals surface area contributed by atoms with Crippen LogP contribution in [0.1, 0.15) is 28.7 Å². The van der Waals surface area contributed by atoms with Crippen LogP contribution in [0.25, 0.3) is 0 Å². The molecule has 0 saturated carbocycles. The fourth-order valence-electron chi connectivity index (χ4n) is 4.03. The lowest BCUT2D eigenvalue weighted by atomic mass is 9.66. The molecule has 0 heterocycles. The normalized spacial score (nSPS) is 11.2. The number of rotatable bonds is 7. The largest absolute Gasteiger partial charge is 0.497 e. The van der Waals surface area contributed by atoms with Crippen molar-refractivity contribution in [2.24, 2.45) is 0 Å². The Morgan fingerprint density at radius 1 is 0.586 bits per heavy atom. The minimum atomic E-state index is -0.287. The number of hydrogen-bond acceptors (Lipinski definition) is 1. The number of ether oxygens (including phenoxy) is 1. The van der Waals surface area contributed by atoms with Crippen molar-refractivity contribution >= 4 is 0 Å². The van der Waals surface area contributed by atoms with Crippen LogP contribution < -0.4 is 4.74 Å². The Morgan fingerprint density at radius 2 is 1.03 bits per heavy atom. The topological polar surface area (TPSA) is 9.23 Å². The molecule has 0 unspecified atom stereocenters. The highest BCUT2D eigenvalue weighted by Gasteiger charge is 2.36. The third-order valence-corrected chi connectivity index (χ3v) is 5.56. The van der Waals surface area contributed by atoms with Gasteiger partial charge >= 0.3 is 0 Å². The molecule has 0 aliphatic carbocycles. The van der Waals surface area contributed by atoms with Crippen LogP contribution in [0.2, 0.25) is 0 Å². The Hall–Kier alpha value is -3.32. The van der Waals surface area contributed by atoms with Crippen molar-refractivity contribution in [2.75, 3.05) is 7.11 Å². The molecule has 0 fully saturated rings. The summed E-state index contributed by atoms with van der Waals surface area (Å²) < 4.78 is 5.41. The third-order valence-electron chi connectivity index (χ3n) is 5.56. The first-order valence-corrected chi connectivity index (χ1v) is 9.97. The number of methoxy groups -OCH3 is 1. The first-order chi connectivity index (χ1) is 14.3. The van der Waals surface area contributed by atoms with Crippen molar-refractivity contribution in [3.05, 3.63) is 144 Å². The lowest BCUT2D eigenvalue weighted by Gasteiger charge is -2.36. The summed E-state index contributed by atoms with van der Waals surface area (Å²) in [5, 5.41) is 0. The molecule has 0 spiro atoms. The van der Waals surface area contributed by atoms with Gasteiger partial charge in [-0.25, -0.2) is 0 Å². The monoisotopic (exact) mass is 377 g/mol. The fraction of sp³-hybridized carbons (Fsp3) is 0.107. The second-order valence-electron chi connectivity index (χ2n) is 7.18. The van der Waals surface area contributed by atoms with Gasteiger partial charge in [0.15, 0.2) is 0 Å². The first-order valence-electron chi connectivity index (χ1n) is 9.97. The molecule has 0 atom stereocenters. The molecule has 143 valence electrons. The van der Waals surface area contributed by atoms with Crippen LogP contribution in [-0.4, -0.2) is 7.11 Å². The fourth-order valence-corrected chi connectivity index (χ4v) is 4.03. The van der Waals surface area contributed by atoms with Crippen LogP contribution >= 0.6 is 0 Å². The van der Waals surface area contributed by atoms with Crippen molar-refractivity contribution in [1.29, 1.82) is 0 Å². The first kappa shape index (κ1) is 19.0. The number of benzene rings is 4. The maximum absolute atomic E-state index is 5.41. The lowest BCUT2D eigenvalue weighted by molar-refractivity contribution is 0.414. The van der Waals surface area contributed by atoms with Gasteiger partial charge in [-0.1, -0.05) is 103 Å². The molecule has 1 heteroatoms. The Balaban J connectivity index is 1.89. The highest BCUT2D eigenvalue weighted by molar-refractivity contribution is 5.52. The smallest absolute Gasteiger partial charge is 0.118 e. The zero-order valence-corrected chi connectivity index (χ0v) is 16.7. The van der Waals surface area contributed by atoms with Gasteiger partial charge in [-0.15, -0.1) is 0 Å². The van der Waals surface area contributed by atoms with Crippen LogP contribution in [0.5, 0.6) is 5.75 Å². The predicted molar refractivity (Wildman–Crippen MR) is 120 cm³/mol. The minimum absolute atomic E-state index is 0.287. The zero-order valence-electron chi connectivity index (χ0n) is 16.7. The van der Waals surface area contributed by atoms with E-state index < -0.39 is 0 Å². The predicted octanol–water partition coefficient (Wildman–Crippen LogP) is 6.67. The van der Waals surface area contributed by atoms with E-state index in [9.17, 15) is 0 Å². The molecular weight excluding hydrogens is 352 g/mol. The van der Waals surface area contributed by atoms with E-state index in [1.807, 2.05) is 0 Å². The average molecular weight is 378 g/mol. The summed E-state index contributed by atoms with van der Waals surface area (Å²) in [5.41, 5.74) is 4.76. The van der Waals surface area contributed by atoms with Gasteiger partial charge < -0.3 is 4.74 Å². The molecule has 0 aromatic heterocycles. The molecule has 1 nitrogen and oxygen atoms in total. The molecule has 0 amide bonds. The van der Waals surface area contributed by atoms with Crippen LogP contribution in [0.4, 0.5) is 0 Å². The summed E-state index contributed by atoms with van der Waals surface area (Å²) >= 11 is 0. The van der Waals surface area contributed by atoms with E-state index in [4.69, 9.17) is 4.74 Å². The Bertz CT molecular complexity index is 967. The third kappa shape index (κ3) is 3.95. The van der Waals surface area contributed by atoms with Gasteiger partial charge in [0.25, 0.3) is 0 Å².